The number of hydrogen-bond acceptors (Lipinski definition) is 2. The van der Waals surface area contributed by atoms with Crippen LogP contribution >= 0.6 is 0 Å². The first-order chi connectivity index (χ1) is 5.54. The van der Waals surface area contributed by atoms with E-state index in [1.54, 1.807) is 6.07 Å². The molecule has 0 radical (unpaired) electrons. The Morgan fingerprint density at radius 1 is 1.50 bits per heavy atom. The molecule has 1 N–H and O–H groups in total. The van der Waals surface area contributed by atoms with Crippen molar-refractivity contribution in [1.29, 1.82) is 0 Å². The molecular formula is C9H12FNO. The van der Waals surface area contributed by atoms with Gasteiger partial charge in [0.1, 0.15) is 5.67 Å². The maximum atomic E-state index is 13.3. The van der Waals surface area contributed by atoms with Crippen molar-refractivity contribution in [3.8, 4) is 0 Å². The minimum Gasteiger partial charge on any atom is -0.392 e. The molecule has 0 bridgehead atoms. The first-order valence-corrected chi connectivity index (χ1v) is 3.78. The lowest BCUT2D eigenvalue weighted by molar-refractivity contribution is 0.220. The highest BCUT2D eigenvalue weighted by Gasteiger charge is 2.18. The first kappa shape index (κ1) is 9.13. The number of nitrogens with zero attached hydrogens (tertiary/aromatic N) is 1. The largest absolute Gasteiger partial charge is 0.392 e. The van der Waals surface area contributed by atoms with Crippen molar-refractivity contribution >= 4 is 0 Å². The average Bonchev–Trinajstić information content (AvgIpc) is 2.03. The summed E-state index contributed by atoms with van der Waals surface area (Å²) in [5.74, 6) is 0. The van der Waals surface area contributed by atoms with E-state index in [-0.39, 0.29) is 6.61 Å². The second-order valence-corrected chi connectivity index (χ2v) is 3.21. The van der Waals surface area contributed by atoms with Crippen LogP contribution in [-0.4, -0.2) is 10.1 Å². The Hall–Kier alpha value is -0.960. The van der Waals surface area contributed by atoms with Crippen LogP contribution < -0.4 is 0 Å². The Labute approximate surface area is 71.1 Å². The lowest BCUT2D eigenvalue weighted by atomic mass is 10.0. The lowest BCUT2D eigenvalue weighted by Gasteiger charge is -2.14. The van der Waals surface area contributed by atoms with E-state index in [2.05, 4.69) is 4.98 Å². The van der Waals surface area contributed by atoms with Gasteiger partial charge in [-0.05, 0) is 25.5 Å². The minimum absolute atomic E-state index is 0.100. The molecule has 0 atom stereocenters. The van der Waals surface area contributed by atoms with Crippen LogP contribution in [0.4, 0.5) is 4.39 Å². The molecule has 0 aliphatic carbocycles. The fourth-order valence-electron chi connectivity index (χ4n) is 0.899. The van der Waals surface area contributed by atoms with Crippen LogP contribution in [-0.2, 0) is 12.3 Å². The SMILES string of the molecule is CC(C)(F)c1cncc(CO)c1. The number of hydrogen-bond donors (Lipinski definition) is 1. The number of aliphatic hydroxyl groups is 1. The van der Waals surface area contributed by atoms with Crippen LogP contribution in [0.1, 0.15) is 25.0 Å². The molecule has 1 heterocycles. The Balaban J connectivity index is 3.02. The number of pyridine rings is 1. The summed E-state index contributed by atoms with van der Waals surface area (Å²) in [5, 5.41) is 8.77. The molecule has 12 heavy (non-hydrogen) atoms. The quantitative estimate of drug-likeness (QED) is 0.732. The number of aliphatic hydroxyl groups excluding tert-OH is 1. The predicted molar refractivity (Wildman–Crippen MR) is 44.3 cm³/mol. The molecule has 1 aromatic heterocycles. The topological polar surface area (TPSA) is 33.1 Å². The third kappa shape index (κ3) is 2.01. The Kier molecular flexibility index (Phi) is 2.43. The van der Waals surface area contributed by atoms with Gasteiger partial charge in [0.15, 0.2) is 0 Å². The molecule has 0 aliphatic heterocycles. The van der Waals surface area contributed by atoms with Crippen molar-refractivity contribution in [3.63, 3.8) is 0 Å². The normalized spacial score (nSPS) is 11.7. The number of aromatic nitrogens is 1. The predicted octanol–water partition coefficient (Wildman–Crippen LogP) is 1.78. The first-order valence-electron chi connectivity index (χ1n) is 3.78. The summed E-state index contributed by atoms with van der Waals surface area (Å²) in [5.41, 5.74) is -0.259. The molecule has 0 fully saturated rings. The summed E-state index contributed by atoms with van der Waals surface area (Å²) >= 11 is 0. The monoisotopic (exact) mass is 169 g/mol. The lowest BCUT2D eigenvalue weighted by Crippen LogP contribution is -2.09. The summed E-state index contributed by atoms with van der Waals surface area (Å²) in [6.45, 7) is 2.83. The fraction of sp³-hybridized carbons (Fsp3) is 0.444. The molecule has 1 aromatic rings. The van der Waals surface area contributed by atoms with E-state index in [0.717, 1.165) is 0 Å². The zero-order valence-corrected chi connectivity index (χ0v) is 7.21. The number of rotatable bonds is 2. The summed E-state index contributed by atoms with van der Waals surface area (Å²) in [6.07, 6.45) is 2.99. The summed E-state index contributed by atoms with van der Waals surface area (Å²) in [7, 11) is 0. The Morgan fingerprint density at radius 3 is 2.67 bits per heavy atom. The van der Waals surface area contributed by atoms with Gasteiger partial charge >= 0.3 is 0 Å². The van der Waals surface area contributed by atoms with E-state index in [4.69, 9.17) is 5.11 Å². The van der Waals surface area contributed by atoms with E-state index in [0.29, 0.717) is 11.1 Å². The van der Waals surface area contributed by atoms with Crippen molar-refractivity contribution in [2.45, 2.75) is 26.1 Å². The molecule has 3 heteroatoms. The van der Waals surface area contributed by atoms with Crippen molar-refractivity contribution in [2.24, 2.45) is 0 Å². The molecule has 0 saturated heterocycles. The van der Waals surface area contributed by atoms with Crippen molar-refractivity contribution in [3.05, 3.63) is 29.6 Å². The Bertz CT molecular complexity index is 267. The highest BCUT2D eigenvalue weighted by atomic mass is 19.1. The van der Waals surface area contributed by atoms with Crippen LogP contribution in [0, 0.1) is 0 Å². The van der Waals surface area contributed by atoms with Gasteiger partial charge in [0, 0.05) is 18.0 Å². The molecule has 0 saturated carbocycles. The van der Waals surface area contributed by atoms with Gasteiger partial charge in [0.25, 0.3) is 0 Å². The molecule has 0 spiro atoms. The Morgan fingerprint density at radius 2 is 2.17 bits per heavy atom. The van der Waals surface area contributed by atoms with Crippen LogP contribution in [0.15, 0.2) is 18.5 Å². The fourth-order valence-corrected chi connectivity index (χ4v) is 0.899. The third-order valence-corrected chi connectivity index (χ3v) is 1.66. The van der Waals surface area contributed by atoms with Crippen LogP contribution in [0.25, 0.3) is 0 Å². The van der Waals surface area contributed by atoms with Gasteiger partial charge in [0.2, 0.25) is 0 Å². The maximum absolute atomic E-state index is 13.3. The zero-order valence-electron chi connectivity index (χ0n) is 7.21. The van der Waals surface area contributed by atoms with Gasteiger partial charge in [-0.2, -0.15) is 0 Å². The van der Waals surface area contributed by atoms with Crippen molar-refractivity contribution in [1.82, 2.24) is 4.98 Å². The molecule has 0 aromatic carbocycles. The third-order valence-electron chi connectivity index (χ3n) is 1.66. The van der Waals surface area contributed by atoms with Crippen LogP contribution in [0.2, 0.25) is 0 Å². The van der Waals surface area contributed by atoms with E-state index in [9.17, 15) is 4.39 Å². The van der Waals surface area contributed by atoms with E-state index in [1.807, 2.05) is 0 Å². The van der Waals surface area contributed by atoms with Crippen molar-refractivity contribution in [2.75, 3.05) is 0 Å². The second kappa shape index (κ2) is 3.19. The molecule has 0 unspecified atom stereocenters. The van der Waals surface area contributed by atoms with Gasteiger partial charge in [-0.25, -0.2) is 4.39 Å². The highest BCUT2D eigenvalue weighted by molar-refractivity contribution is 5.22. The smallest absolute Gasteiger partial charge is 0.131 e. The van der Waals surface area contributed by atoms with E-state index in [1.165, 1.54) is 26.2 Å². The number of halogens is 1. The molecular weight excluding hydrogens is 157 g/mol. The average molecular weight is 169 g/mol. The molecule has 0 amide bonds. The molecule has 1 rings (SSSR count). The van der Waals surface area contributed by atoms with Crippen molar-refractivity contribution < 1.29 is 9.50 Å². The van der Waals surface area contributed by atoms with Crippen LogP contribution in [0.3, 0.4) is 0 Å². The van der Waals surface area contributed by atoms with Gasteiger partial charge in [-0.15, -0.1) is 0 Å². The van der Waals surface area contributed by atoms with Gasteiger partial charge in [0.05, 0.1) is 6.61 Å². The van der Waals surface area contributed by atoms with E-state index >= 15 is 0 Å². The zero-order chi connectivity index (χ0) is 9.19. The van der Waals surface area contributed by atoms with Gasteiger partial charge in [-0.3, -0.25) is 4.98 Å². The summed E-state index contributed by atoms with van der Waals surface area (Å²) in [4.78, 5) is 3.82. The number of alkyl halides is 1. The highest BCUT2D eigenvalue weighted by Crippen LogP contribution is 2.23. The minimum atomic E-state index is -1.39. The van der Waals surface area contributed by atoms with Gasteiger partial charge in [-0.1, -0.05) is 0 Å². The second-order valence-electron chi connectivity index (χ2n) is 3.21. The standard InChI is InChI=1S/C9H12FNO/c1-9(2,10)8-3-7(6-12)4-11-5-8/h3-5,12H,6H2,1-2H3. The molecule has 2 nitrogen and oxygen atoms in total. The van der Waals surface area contributed by atoms with Crippen LogP contribution in [0.5, 0.6) is 0 Å². The summed E-state index contributed by atoms with van der Waals surface area (Å²) < 4.78 is 13.3. The van der Waals surface area contributed by atoms with E-state index < -0.39 is 5.67 Å². The summed E-state index contributed by atoms with van der Waals surface area (Å²) in [6, 6.07) is 1.62. The van der Waals surface area contributed by atoms with Gasteiger partial charge < -0.3 is 5.11 Å². The molecule has 66 valence electrons. The molecule has 0 aliphatic rings. The maximum Gasteiger partial charge on any atom is 0.131 e.